The van der Waals surface area contributed by atoms with E-state index in [-0.39, 0.29) is 16.9 Å². The maximum absolute atomic E-state index is 14.6. The molecule has 0 amide bonds. The Morgan fingerprint density at radius 1 is 1.26 bits per heavy atom. The summed E-state index contributed by atoms with van der Waals surface area (Å²) < 4.78 is 40.7. The number of pyridine rings is 1. The van der Waals surface area contributed by atoms with Crippen LogP contribution in [-0.4, -0.2) is 39.0 Å². The minimum absolute atomic E-state index is 0.0664. The zero-order valence-electron chi connectivity index (χ0n) is 17.2. The van der Waals surface area contributed by atoms with Crippen LogP contribution < -0.4 is 15.8 Å². The number of aliphatic hydroxyl groups is 1. The third-order valence-corrected chi connectivity index (χ3v) is 5.46. The van der Waals surface area contributed by atoms with Gasteiger partial charge < -0.3 is 20.3 Å². The Hall–Kier alpha value is -3.14. The van der Waals surface area contributed by atoms with Crippen molar-refractivity contribution in [2.24, 2.45) is 0 Å². The Morgan fingerprint density at radius 3 is 2.58 bits per heavy atom. The average molecular weight is 433 g/mol. The van der Waals surface area contributed by atoms with Crippen molar-refractivity contribution in [3.8, 4) is 0 Å². The number of alkyl halides is 2. The molecule has 1 fully saturated rings. The summed E-state index contributed by atoms with van der Waals surface area (Å²) in [6, 6.07) is 4.81. The molecule has 31 heavy (non-hydrogen) atoms. The minimum atomic E-state index is -2.92. The Labute approximate surface area is 175 Å². The van der Waals surface area contributed by atoms with Crippen LogP contribution in [0.5, 0.6) is 0 Å². The highest BCUT2D eigenvalue weighted by Crippen LogP contribution is 2.32. The average Bonchev–Trinajstić information content (AvgIpc) is 2.68. The van der Waals surface area contributed by atoms with E-state index in [2.05, 4.69) is 20.5 Å². The van der Waals surface area contributed by atoms with Gasteiger partial charge in [-0.3, -0.25) is 4.79 Å². The van der Waals surface area contributed by atoms with Crippen LogP contribution in [0.25, 0.3) is 10.9 Å². The first kappa shape index (κ1) is 21.1. The van der Waals surface area contributed by atoms with Crippen molar-refractivity contribution in [3.05, 3.63) is 57.3 Å². The van der Waals surface area contributed by atoms with Gasteiger partial charge in [0, 0.05) is 24.0 Å². The largest absolute Gasteiger partial charge is 0.386 e. The van der Waals surface area contributed by atoms with E-state index in [4.69, 9.17) is 0 Å². The quantitative estimate of drug-likeness (QED) is 0.571. The van der Waals surface area contributed by atoms with Gasteiger partial charge in [0.2, 0.25) is 0 Å². The van der Waals surface area contributed by atoms with Crippen LogP contribution in [0.15, 0.2) is 29.1 Å². The van der Waals surface area contributed by atoms with E-state index < -0.39 is 29.4 Å². The van der Waals surface area contributed by atoms with Gasteiger partial charge in [0.05, 0.1) is 28.4 Å². The Bertz CT molecular complexity index is 1200. The maximum atomic E-state index is 14.6. The Morgan fingerprint density at radius 2 is 1.94 bits per heavy atom. The molecule has 0 radical (unpaired) electrons. The van der Waals surface area contributed by atoms with Crippen molar-refractivity contribution < 1.29 is 18.3 Å². The fourth-order valence-electron chi connectivity index (χ4n) is 3.86. The van der Waals surface area contributed by atoms with E-state index in [1.807, 2.05) is 0 Å². The highest BCUT2D eigenvalue weighted by atomic mass is 19.3. The molecule has 10 heteroatoms. The molecular weight excluding hydrogens is 411 g/mol. The van der Waals surface area contributed by atoms with E-state index in [1.54, 1.807) is 31.7 Å². The highest BCUT2D eigenvalue weighted by molar-refractivity contribution is 5.92. The molecule has 7 nitrogen and oxygen atoms in total. The van der Waals surface area contributed by atoms with E-state index in [1.165, 1.54) is 12.1 Å². The second kappa shape index (κ2) is 7.52. The fraction of sp³-hybridized carbons (Fsp3) is 0.381. The summed E-state index contributed by atoms with van der Waals surface area (Å²) in [6.45, 7) is 5.62. The summed E-state index contributed by atoms with van der Waals surface area (Å²) in [5.41, 5.74) is -0.455. The van der Waals surface area contributed by atoms with Crippen LogP contribution in [0.1, 0.15) is 43.1 Å². The number of benzene rings is 1. The number of aromatic amines is 1. The van der Waals surface area contributed by atoms with Crippen LogP contribution in [0, 0.1) is 12.7 Å². The van der Waals surface area contributed by atoms with Crippen LogP contribution in [0.4, 0.5) is 24.7 Å². The highest BCUT2D eigenvalue weighted by Gasteiger charge is 2.38. The van der Waals surface area contributed by atoms with Gasteiger partial charge in [-0.1, -0.05) is 18.2 Å². The molecule has 0 aliphatic carbocycles. The molecule has 0 saturated carbocycles. The van der Waals surface area contributed by atoms with Gasteiger partial charge in [-0.2, -0.15) is 5.10 Å². The van der Waals surface area contributed by atoms with Gasteiger partial charge in [0.25, 0.3) is 12.0 Å². The smallest absolute Gasteiger partial charge is 0.272 e. The molecule has 1 aliphatic rings. The second-order valence-corrected chi connectivity index (χ2v) is 8.18. The summed E-state index contributed by atoms with van der Waals surface area (Å²) in [4.78, 5) is 17.1. The number of aromatic nitrogens is 3. The van der Waals surface area contributed by atoms with Gasteiger partial charge in [-0.05, 0) is 26.8 Å². The van der Waals surface area contributed by atoms with Gasteiger partial charge in [-0.25, -0.2) is 13.2 Å². The number of fused-ring (bicyclic) bond motifs is 1. The van der Waals surface area contributed by atoms with Crippen molar-refractivity contribution in [1.82, 2.24) is 15.2 Å². The molecular formula is C21H22F3N5O2. The Kier molecular flexibility index (Phi) is 5.12. The van der Waals surface area contributed by atoms with E-state index in [0.29, 0.717) is 35.4 Å². The standard InChI is InChI=1S/C21H22F3N5O2/c1-10(12-5-4-6-13(16(12)22)18(23)24)25-19-14-7-15(29-8-21(3,31)9-29)20(30)26-17(14)11(2)27-28-19/h4-7,10,18,31H,8-9H2,1-3H3,(H,25,28)(H,26,30)/t10-/m1/s1. The number of aryl methyl sites for hydroxylation is 1. The van der Waals surface area contributed by atoms with Crippen molar-refractivity contribution in [1.29, 1.82) is 0 Å². The molecule has 1 aromatic carbocycles. The number of nitrogens with zero attached hydrogens (tertiary/aromatic N) is 3. The summed E-state index contributed by atoms with van der Waals surface area (Å²) in [6.07, 6.45) is -2.92. The molecule has 4 rings (SSSR count). The molecule has 0 unspecified atom stereocenters. The maximum Gasteiger partial charge on any atom is 0.272 e. The summed E-state index contributed by atoms with van der Waals surface area (Å²) >= 11 is 0. The fourth-order valence-corrected chi connectivity index (χ4v) is 3.86. The van der Waals surface area contributed by atoms with E-state index in [0.717, 1.165) is 6.07 Å². The zero-order chi connectivity index (χ0) is 22.5. The second-order valence-electron chi connectivity index (χ2n) is 8.18. The summed E-state index contributed by atoms with van der Waals surface area (Å²) in [7, 11) is 0. The number of hydrogen-bond acceptors (Lipinski definition) is 6. The van der Waals surface area contributed by atoms with E-state index in [9.17, 15) is 23.1 Å². The lowest BCUT2D eigenvalue weighted by molar-refractivity contribution is 0.0309. The monoisotopic (exact) mass is 433 g/mol. The lowest BCUT2D eigenvalue weighted by atomic mass is 9.96. The molecule has 1 atom stereocenters. The number of nitrogens with one attached hydrogen (secondary N) is 2. The van der Waals surface area contributed by atoms with Crippen molar-refractivity contribution >= 4 is 22.4 Å². The SMILES string of the molecule is Cc1nnc(N[C@H](C)c2cccc(C(F)F)c2F)c2cc(N3CC(C)(O)C3)c(=O)[nH]c12. The first-order valence-corrected chi connectivity index (χ1v) is 9.78. The third-order valence-electron chi connectivity index (χ3n) is 5.46. The normalized spacial score (nSPS) is 16.5. The summed E-state index contributed by atoms with van der Waals surface area (Å²) in [5.74, 6) is -0.696. The number of hydrogen-bond donors (Lipinski definition) is 3. The first-order chi connectivity index (χ1) is 14.6. The number of rotatable bonds is 5. The van der Waals surface area contributed by atoms with Crippen LogP contribution >= 0.6 is 0 Å². The van der Waals surface area contributed by atoms with E-state index >= 15 is 0 Å². The molecule has 3 heterocycles. The third kappa shape index (κ3) is 3.83. The zero-order valence-corrected chi connectivity index (χ0v) is 17.2. The van der Waals surface area contributed by atoms with Gasteiger partial charge >= 0.3 is 0 Å². The van der Waals surface area contributed by atoms with Crippen LogP contribution in [0.2, 0.25) is 0 Å². The minimum Gasteiger partial charge on any atom is -0.386 e. The molecule has 3 N–H and O–H groups in total. The number of anilines is 2. The number of halogens is 3. The molecule has 0 spiro atoms. The van der Waals surface area contributed by atoms with Crippen molar-refractivity contribution in [3.63, 3.8) is 0 Å². The van der Waals surface area contributed by atoms with Crippen LogP contribution in [-0.2, 0) is 0 Å². The lowest BCUT2D eigenvalue weighted by Crippen LogP contribution is -2.61. The van der Waals surface area contributed by atoms with Crippen molar-refractivity contribution in [2.45, 2.75) is 38.8 Å². The first-order valence-electron chi connectivity index (χ1n) is 9.78. The number of H-pyrrole nitrogens is 1. The van der Waals surface area contributed by atoms with Crippen LogP contribution in [0.3, 0.4) is 0 Å². The molecule has 1 aliphatic heterocycles. The van der Waals surface area contributed by atoms with Crippen molar-refractivity contribution in [2.75, 3.05) is 23.3 Å². The van der Waals surface area contributed by atoms with Gasteiger partial charge in [-0.15, -0.1) is 5.10 Å². The molecule has 0 bridgehead atoms. The predicted octanol–water partition coefficient (Wildman–Crippen LogP) is 3.45. The molecule has 164 valence electrons. The summed E-state index contributed by atoms with van der Waals surface area (Å²) in [5, 5.41) is 21.8. The predicted molar refractivity (Wildman–Crippen MR) is 111 cm³/mol. The Balaban J connectivity index is 1.73. The van der Waals surface area contributed by atoms with Gasteiger partial charge in [0.1, 0.15) is 11.5 Å². The number of β-amino-alcohol motifs (C(OH)–C–C–N with tert-alkyl or cyclic N) is 1. The topological polar surface area (TPSA) is 94.1 Å². The molecule has 2 aromatic heterocycles. The molecule has 3 aromatic rings. The lowest BCUT2D eigenvalue weighted by Gasteiger charge is -2.45. The van der Waals surface area contributed by atoms with Gasteiger partial charge in [0.15, 0.2) is 5.82 Å². The molecule has 1 saturated heterocycles.